The molecule has 0 aromatic heterocycles. The molecule has 0 aliphatic heterocycles. The van der Waals surface area contributed by atoms with E-state index in [0.29, 0.717) is 49.2 Å². The average molecular weight is 391 g/mol. The number of carbonyl (C=O) groups excluding carboxylic acids is 1. The lowest BCUT2D eigenvalue weighted by Gasteiger charge is -2.13. The van der Waals surface area contributed by atoms with Gasteiger partial charge < -0.3 is 19.5 Å². The number of anilines is 1. The fraction of sp³-hybridized carbons (Fsp3) is 0.208. The van der Waals surface area contributed by atoms with Crippen LogP contribution in [0.4, 0.5) is 5.69 Å². The Balaban J connectivity index is 1.57. The van der Waals surface area contributed by atoms with Gasteiger partial charge in [-0.2, -0.15) is 0 Å². The van der Waals surface area contributed by atoms with E-state index in [1.54, 1.807) is 24.3 Å². The Morgan fingerprint density at radius 1 is 0.828 bits per heavy atom. The zero-order valence-electron chi connectivity index (χ0n) is 16.5. The van der Waals surface area contributed by atoms with Gasteiger partial charge in [0.25, 0.3) is 5.91 Å². The number of hydrogen-bond acceptors (Lipinski definition) is 4. The first kappa shape index (κ1) is 20.4. The molecular formula is C24H25NO4. The van der Waals surface area contributed by atoms with Gasteiger partial charge in [-0.05, 0) is 48.9 Å². The van der Waals surface area contributed by atoms with Gasteiger partial charge in [0.2, 0.25) is 0 Å². The molecule has 0 aliphatic rings. The van der Waals surface area contributed by atoms with Crippen molar-refractivity contribution in [3.8, 4) is 11.5 Å². The lowest BCUT2D eigenvalue weighted by Crippen LogP contribution is -2.14. The number of ether oxygens (including phenoxy) is 3. The molecule has 0 spiro atoms. The van der Waals surface area contributed by atoms with Gasteiger partial charge in [0.15, 0.2) is 0 Å². The summed E-state index contributed by atoms with van der Waals surface area (Å²) in [6, 6.07) is 24.4. The van der Waals surface area contributed by atoms with Crippen LogP contribution in [0, 0.1) is 0 Å². The Morgan fingerprint density at radius 3 is 2.31 bits per heavy atom. The summed E-state index contributed by atoms with van der Waals surface area (Å²) in [5, 5.41) is 2.90. The Kier molecular flexibility index (Phi) is 7.66. The van der Waals surface area contributed by atoms with E-state index < -0.39 is 0 Å². The maximum absolute atomic E-state index is 12.6. The molecule has 0 atom stereocenters. The summed E-state index contributed by atoms with van der Waals surface area (Å²) < 4.78 is 16.8. The molecule has 5 nitrogen and oxygen atoms in total. The quantitative estimate of drug-likeness (QED) is 0.498. The number of nitrogens with one attached hydrogen (secondary N) is 1. The summed E-state index contributed by atoms with van der Waals surface area (Å²) in [5.41, 5.74) is 2.26. The predicted octanol–water partition coefficient (Wildman–Crippen LogP) is 4.93. The van der Waals surface area contributed by atoms with Crippen LogP contribution in [-0.4, -0.2) is 25.7 Å². The molecule has 5 heteroatoms. The summed E-state index contributed by atoms with van der Waals surface area (Å²) in [6.45, 7) is 4.00. The van der Waals surface area contributed by atoms with Gasteiger partial charge in [-0.1, -0.05) is 42.5 Å². The van der Waals surface area contributed by atoms with E-state index in [4.69, 9.17) is 14.2 Å². The van der Waals surface area contributed by atoms with Gasteiger partial charge in [0, 0.05) is 12.2 Å². The fourth-order valence-electron chi connectivity index (χ4n) is 2.69. The van der Waals surface area contributed by atoms with E-state index in [-0.39, 0.29) is 5.91 Å². The molecule has 0 fully saturated rings. The predicted molar refractivity (Wildman–Crippen MR) is 114 cm³/mol. The molecule has 0 bridgehead atoms. The third-order valence-electron chi connectivity index (χ3n) is 4.19. The number of para-hydroxylation sites is 2. The number of benzene rings is 3. The van der Waals surface area contributed by atoms with Crippen LogP contribution in [0.1, 0.15) is 22.8 Å². The fourth-order valence-corrected chi connectivity index (χ4v) is 2.69. The first-order valence-corrected chi connectivity index (χ1v) is 9.64. The molecule has 29 heavy (non-hydrogen) atoms. The van der Waals surface area contributed by atoms with Crippen LogP contribution >= 0.6 is 0 Å². The minimum atomic E-state index is -0.208. The van der Waals surface area contributed by atoms with Crippen LogP contribution in [0.2, 0.25) is 0 Å². The van der Waals surface area contributed by atoms with Crippen molar-refractivity contribution in [2.45, 2.75) is 13.5 Å². The Morgan fingerprint density at radius 2 is 1.55 bits per heavy atom. The van der Waals surface area contributed by atoms with Crippen molar-refractivity contribution in [2.24, 2.45) is 0 Å². The normalized spacial score (nSPS) is 10.4. The van der Waals surface area contributed by atoms with E-state index in [1.807, 2.05) is 61.5 Å². The Labute approximate surface area is 171 Å². The lowest BCUT2D eigenvalue weighted by atomic mass is 10.2. The number of carbonyl (C=O) groups is 1. The minimum absolute atomic E-state index is 0.208. The van der Waals surface area contributed by atoms with Gasteiger partial charge in [-0.25, -0.2) is 0 Å². The Bertz CT molecular complexity index is 894. The van der Waals surface area contributed by atoms with E-state index in [1.165, 1.54) is 0 Å². The highest BCUT2D eigenvalue weighted by Crippen LogP contribution is 2.24. The molecule has 0 unspecified atom stereocenters. The molecule has 1 amide bonds. The molecule has 3 aromatic carbocycles. The maximum atomic E-state index is 12.6. The molecule has 3 aromatic rings. The zero-order chi connectivity index (χ0) is 20.3. The molecule has 1 N–H and O–H groups in total. The van der Waals surface area contributed by atoms with Crippen molar-refractivity contribution in [2.75, 3.05) is 25.1 Å². The highest BCUT2D eigenvalue weighted by atomic mass is 16.5. The van der Waals surface area contributed by atoms with Crippen molar-refractivity contribution in [1.29, 1.82) is 0 Å². The minimum Gasteiger partial charge on any atom is -0.489 e. The van der Waals surface area contributed by atoms with Crippen LogP contribution in [0.3, 0.4) is 0 Å². The standard InChI is InChI=1S/C24H25NO4/c1-2-27-16-17-28-23-11-7-6-10-22(23)25-24(26)20-12-14-21(15-13-20)29-18-19-8-4-3-5-9-19/h3-15H,2,16-18H2,1H3,(H,25,26). The monoisotopic (exact) mass is 391 g/mol. The molecule has 3 rings (SSSR count). The summed E-state index contributed by atoms with van der Waals surface area (Å²) in [5.74, 6) is 1.12. The summed E-state index contributed by atoms with van der Waals surface area (Å²) >= 11 is 0. The Hall–Kier alpha value is -3.31. The van der Waals surface area contributed by atoms with Crippen LogP contribution in [0.15, 0.2) is 78.9 Å². The van der Waals surface area contributed by atoms with Crippen molar-refractivity contribution >= 4 is 11.6 Å². The number of amides is 1. The second kappa shape index (κ2) is 10.9. The summed E-state index contributed by atoms with van der Waals surface area (Å²) in [7, 11) is 0. The van der Waals surface area contributed by atoms with E-state index in [2.05, 4.69) is 5.32 Å². The van der Waals surface area contributed by atoms with E-state index in [9.17, 15) is 4.79 Å². The second-order valence-corrected chi connectivity index (χ2v) is 6.29. The molecule has 0 aliphatic carbocycles. The molecule has 0 heterocycles. The third-order valence-corrected chi connectivity index (χ3v) is 4.19. The molecular weight excluding hydrogens is 366 g/mol. The smallest absolute Gasteiger partial charge is 0.255 e. The van der Waals surface area contributed by atoms with E-state index >= 15 is 0 Å². The number of rotatable bonds is 10. The van der Waals surface area contributed by atoms with Gasteiger partial charge in [-0.15, -0.1) is 0 Å². The largest absolute Gasteiger partial charge is 0.489 e. The third kappa shape index (κ3) is 6.36. The molecule has 0 radical (unpaired) electrons. The highest BCUT2D eigenvalue weighted by molar-refractivity contribution is 6.05. The lowest BCUT2D eigenvalue weighted by molar-refractivity contribution is 0.102. The van der Waals surface area contributed by atoms with Crippen molar-refractivity contribution in [1.82, 2.24) is 0 Å². The first-order chi connectivity index (χ1) is 14.3. The topological polar surface area (TPSA) is 56.8 Å². The maximum Gasteiger partial charge on any atom is 0.255 e. The van der Waals surface area contributed by atoms with Crippen molar-refractivity contribution in [3.05, 3.63) is 90.0 Å². The van der Waals surface area contributed by atoms with Gasteiger partial charge in [0.05, 0.1) is 12.3 Å². The SMILES string of the molecule is CCOCCOc1ccccc1NC(=O)c1ccc(OCc2ccccc2)cc1. The average Bonchev–Trinajstić information content (AvgIpc) is 2.77. The van der Waals surface area contributed by atoms with Gasteiger partial charge >= 0.3 is 0 Å². The molecule has 150 valence electrons. The van der Waals surface area contributed by atoms with Crippen LogP contribution in [0.5, 0.6) is 11.5 Å². The van der Waals surface area contributed by atoms with Gasteiger partial charge in [0.1, 0.15) is 24.7 Å². The van der Waals surface area contributed by atoms with Gasteiger partial charge in [-0.3, -0.25) is 4.79 Å². The van der Waals surface area contributed by atoms with Crippen LogP contribution < -0.4 is 14.8 Å². The highest BCUT2D eigenvalue weighted by Gasteiger charge is 2.10. The molecule has 0 saturated carbocycles. The van der Waals surface area contributed by atoms with E-state index in [0.717, 1.165) is 5.56 Å². The van der Waals surface area contributed by atoms with Crippen LogP contribution in [-0.2, 0) is 11.3 Å². The second-order valence-electron chi connectivity index (χ2n) is 6.29. The summed E-state index contributed by atoms with van der Waals surface area (Å²) in [4.78, 5) is 12.6. The zero-order valence-corrected chi connectivity index (χ0v) is 16.5. The number of hydrogen-bond donors (Lipinski definition) is 1. The first-order valence-electron chi connectivity index (χ1n) is 9.64. The summed E-state index contributed by atoms with van der Waals surface area (Å²) in [6.07, 6.45) is 0. The van der Waals surface area contributed by atoms with Crippen molar-refractivity contribution in [3.63, 3.8) is 0 Å². The van der Waals surface area contributed by atoms with Crippen LogP contribution in [0.25, 0.3) is 0 Å². The van der Waals surface area contributed by atoms with Crippen molar-refractivity contribution < 1.29 is 19.0 Å². The molecule has 0 saturated heterocycles.